The Kier molecular flexibility index (Phi) is 12.1. The molecule has 0 bridgehead atoms. The number of rotatable bonds is 15. The lowest BCUT2D eigenvalue weighted by atomic mass is 9.97. The molecule has 0 aromatic heterocycles. The molecule has 0 heterocycles. The van der Waals surface area contributed by atoms with E-state index in [1.807, 2.05) is 60.7 Å². The van der Waals surface area contributed by atoms with Crippen LogP contribution in [-0.2, 0) is 39.0 Å². The van der Waals surface area contributed by atoms with Gasteiger partial charge in [0, 0.05) is 32.5 Å². The van der Waals surface area contributed by atoms with Crippen LogP contribution >= 0.6 is 0 Å². The van der Waals surface area contributed by atoms with Gasteiger partial charge in [-0.1, -0.05) is 91.4 Å². The summed E-state index contributed by atoms with van der Waals surface area (Å²) in [4.78, 5) is 29.6. The maximum absolute atomic E-state index is 13.9. The third kappa shape index (κ3) is 9.90. The summed E-state index contributed by atoms with van der Waals surface area (Å²) in [7, 11) is -3.55. The molecule has 1 atom stereocenters. The molecule has 0 radical (unpaired) electrons. The van der Waals surface area contributed by atoms with Crippen LogP contribution in [0.1, 0.15) is 62.1 Å². The number of nitrogens with zero attached hydrogens (tertiary/aromatic N) is 1. The average molecular weight is 602 g/mol. The average Bonchev–Trinajstić information content (AvgIpc) is 3.03. The van der Waals surface area contributed by atoms with Gasteiger partial charge < -0.3 is 10.2 Å². The van der Waals surface area contributed by atoms with Crippen molar-refractivity contribution in [3.63, 3.8) is 0 Å². The monoisotopic (exact) mass is 601 g/mol. The largest absolute Gasteiger partial charge is 0.354 e. The lowest BCUT2D eigenvalue weighted by molar-refractivity contribution is -0.141. The summed E-state index contributed by atoms with van der Waals surface area (Å²) in [5.74, 6) is -0.276. The number of nitrogens with one attached hydrogen (secondary N) is 2. The number of hydrogen-bond acceptors (Lipinski definition) is 4. The maximum atomic E-state index is 13.9. The molecule has 1 aliphatic carbocycles. The number of hydrogen-bond donors (Lipinski definition) is 2. The van der Waals surface area contributed by atoms with Crippen molar-refractivity contribution >= 4 is 21.8 Å². The quantitative estimate of drug-likeness (QED) is 0.223. The standard InChI is InChI=1S/C35H43N3O4S/c1-2-37-43(41,42)32-21-18-29(19-22-32)20-23-34(39)38(27-31-16-10-5-11-17-31)33(26-30-14-8-4-9-15-30)35(40)36-25-24-28-12-6-3-7-13-28/h4-5,8-12,14-19,21-22,33,37H,2-3,6-7,13,20,23-27H2,1H3,(H,36,40)/t33-/m0/s1. The summed E-state index contributed by atoms with van der Waals surface area (Å²) >= 11 is 0. The molecule has 0 aliphatic heterocycles. The third-order valence-corrected chi connectivity index (χ3v) is 9.35. The van der Waals surface area contributed by atoms with E-state index in [2.05, 4.69) is 16.1 Å². The summed E-state index contributed by atoms with van der Waals surface area (Å²) in [6.07, 6.45) is 8.77. The molecule has 2 N–H and O–H groups in total. The van der Waals surface area contributed by atoms with Crippen LogP contribution in [0.2, 0.25) is 0 Å². The number of benzene rings is 3. The molecule has 7 nitrogen and oxygen atoms in total. The summed E-state index contributed by atoms with van der Waals surface area (Å²) in [6, 6.07) is 25.5. The zero-order valence-electron chi connectivity index (χ0n) is 25.0. The lowest BCUT2D eigenvalue weighted by Gasteiger charge is -2.32. The van der Waals surface area contributed by atoms with Crippen LogP contribution in [0.15, 0.2) is 101 Å². The summed E-state index contributed by atoms with van der Waals surface area (Å²) in [6.45, 7) is 2.91. The topological polar surface area (TPSA) is 95.6 Å². The Morgan fingerprint density at radius 3 is 2.14 bits per heavy atom. The Hall–Kier alpha value is -3.75. The first-order chi connectivity index (χ1) is 20.9. The van der Waals surface area contributed by atoms with Gasteiger partial charge >= 0.3 is 0 Å². The fourth-order valence-corrected chi connectivity index (χ4v) is 6.47. The van der Waals surface area contributed by atoms with E-state index in [9.17, 15) is 18.0 Å². The van der Waals surface area contributed by atoms with Gasteiger partial charge in [0.05, 0.1) is 4.90 Å². The van der Waals surface area contributed by atoms with Gasteiger partial charge in [-0.25, -0.2) is 13.1 Å². The predicted molar refractivity (Wildman–Crippen MR) is 171 cm³/mol. The Balaban J connectivity index is 1.52. The minimum atomic E-state index is -3.55. The van der Waals surface area contributed by atoms with Crippen LogP contribution in [0.4, 0.5) is 0 Å². The molecule has 0 spiro atoms. The van der Waals surface area contributed by atoms with E-state index in [0.717, 1.165) is 36.0 Å². The van der Waals surface area contributed by atoms with Crippen molar-refractivity contribution in [1.82, 2.24) is 14.9 Å². The van der Waals surface area contributed by atoms with Crippen molar-refractivity contribution in [1.29, 1.82) is 0 Å². The minimum absolute atomic E-state index is 0.126. The molecule has 228 valence electrons. The van der Waals surface area contributed by atoms with Gasteiger partial charge in [-0.2, -0.15) is 0 Å². The van der Waals surface area contributed by atoms with Crippen molar-refractivity contribution in [2.24, 2.45) is 0 Å². The second-order valence-corrected chi connectivity index (χ2v) is 12.8. The zero-order chi connectivity index (χ0) is 30.5. The van der Waals surface area contributed by atoms with E-state index in [1.165, 1.54) is 18.4 Å². The highest BCUT2D eigenvalue weighted by Gasteiger charge is 2.30. The van der Waals surface area contributed by atoms with Crippen molar-refractivity contribution in [3.8, 4) is 0 Å². The molecule has 4 rings (SSSR count). The lowest BCUT2D eigenvalue weighted by Crippen LogP contribution is -2.50. The predicted octanol–water partition coefficient (Wildman–Crippen LogP) is 5.56. The van der Waals surface area contributed by atoms with Crippen molar-refractivity contribution in [2.45, 2.75) is 75.8 Å². The Labute approximate surface area is 256 Å². The zero-order valence-corrected chi connectivity index (χ0v) is 25.8. The number of allylic oxidation sites excluding steroid dienone is 1. The van der Waals surface area contributed by atoms with Gasteiger partial charge in [-0.05, 0) is 67.3 Å². The highest BCUT2D eigenvalue weighted by molar-refractivity contribution is 7.89. The van der Waals surface area contributed by atoms with Gasteiger partial charge in [0.2, 0.25) is 21.8 Å². The first kappa shape index (κ1) is 32.2. The number of sulfonamides is 1. The molecule has 0 fully saturated rings. The molecule has 0 unspecified atom stereocenters. The maximum Gasteiger partial charge on any atom is 0.243 e. The SMILES string of the molecule is CCNS(=O)(=O)c1ccc(CCC(=O)N(Cc2ccccc2)[C@@H](Cc2ccccc2)C(=O)NCCC2=CCCCC2)cc1. The van der Waals surface area contributed by atoms with E-state index in [0.29, 0.717) is 32.5 Å². The molecule has 8 heteroatoms. The Morgan fingerprint density at radius 2 is 1.51 bits per heavy atom. The van der Waals surface area contributed by atoms with E-state index < -0.39 is 16.1 Å². The summed E-state index contributed by atoms with van der Waals surface area (Å²) in [5, 5.41) is 3.14. The van der Waals surface area contributed by atoms with Gasteiger partial charge in [0.15, 0.2) is 0 Å². The first-order valence-electron chi connectivity index (χ1n) is 15.3. The summed E-state index contributed by atoms with van der Waals surface area (Å²) in [5.41, 5.74) is 4.19. The molecule has 0 saturated carbocycles. The number of amides is 2. The molecule has 1 aliphatic rings. The van der Waals surface area contributed by atoms with Crippen molar-refractivity contribution in [3.05, 3.63) is 113 Å². The molecular formula is C35H43N3O4S. The van der Waals surface area contributed by atoms with Crippen LogP contribution in [0, 0.1) is 0 Å². The molecular weight excluding hydrogens is 558 g/mol. The van der Waals surface area contributed by atoms with E-state index >= 15 is 0 Å². The third-order valence-electron chi connectivity index (χ3n) is 7.79. The van der Waals surface area contributed by atoms with Crippen LogP contribution in [0.3, 0.4) is 0 Å². The van der Waals surface area contributed by atoms with Gasteiger partial charge in [-0.15, -0.1) is 0 Å². The molecule has 2 amide bonds. The van der Waals surface area contributed by atoms with E-state index in [1.54, 1.807) is 36.1 Å². The van der Waals surface area contributed by atoms with Gasteiger partial charge in [0.1, 0.15) is 6.04 Å². The molecule has 43 heavy (non-hydrogen) atoms. The van der Waals surface area contributed by atoms with Crippen LogP contribution in [0.25, 0.3) is 0 Å². The van der Waals surface area contributed by atoms with E-state index in [4.69, 9.17) is 0 Å². The van der Waals surface area contributed by atoms with Gasteiger partial charge in [-0.3, -0.25) is 9.59 Å². The molecule has 0 saturated heterocycles. The molecule has 3 aromatic rings. The minimum Gasteiger partial charge on any atom is -0.354 e. The van der Waals surface area contributed by atoms with Gasteiger partial charge in [0.25, 0.3) is 0 Å². The van der Waals surface area contributed by atoms with Crippen LogP contribution in [0.5, 0.6) is 0 Å². The second kappa shape index (κ2) is 16.2. The number of carbonyl (C=O) groups excluding carboxylic acids is 2. The highest BCUT2D eigenvalue weighted by atomic mass is 32.2. The van der Waals surface area contributed by atoms with Crippen molar-refractivity contribution < 1.29 is 18.0 Å². The number of aryl methyl sites for hydroxylation is 1. The highest BCUT2D eigenvalue weighted by Crippen LogP contribution is 2.21. The van der Waals surface area contributed by atoms with E-state index in [-0.39, 0.29) is 23.1 Å². The molecule has 3 aromatic carbocycles. The van der Waals surface area contributed by atoms with Crippen molar-refractivity contribution in [2.75, 3.05) is 13.1 Å². The summed E-state index contributed by atoms with van der Waals surface area (Å²) < 4.78 is 27.1. The first-order valence-corrected chi connectivity index (χ1v) is 16.8. The van der Waals surface area contributed by atoms with Crippen LogP contribution in [-0.4, -0.2) is 44.3 Å². The Bertz CT molecular complexity index is 1460. The fraction of sp³-hybridized carbons (Fsp3) is 0.371. The van der Waals surface area contributed by atoms with Crippen LogP contribution < -0.4 is 10.0 Å². The Morgan fingerprint density at radius 1 is 0.837 bits per heavy atom. The number of carbonyl (C=O) groups is 2. The smallest absolute Gasteiger partial charge is 0.243 e. The second-order valence-electron chi connectivity index (χ2n) is 11.0. The normalized spacial score (nSPS) is 14.0. The fourth-order valence-electron chi connectivity index (χ4n) is 5.43.